The smallest absolute Gasteiger partial charge is 0.186 e. The molecule has 0 spiro atoms. The Bertz CT molecular complexity index is 1150. The molecule has 2 aromatic carbocycles. The Morgan fingerprint density at radius 3 is 2.96 bits per heavy atom. The van der Waals surface area contributed by atoms with E-state index < -0.39 is 0 Å². The normalized spacial score (nSPS) is 14.2. The highest BCUT2D eigenvalue weighted by molar-refractivity contribution is 7.22. The number of halogens is 2. The van der Waals surface area contributed by atoms with Crippen LogP contribution < -0.4 is 9.64 Å². The van der Waals surface area contributed by atoms with E-state index in [4.69, 9.17) is 32.9 Å². The highest BCUT2D eigenvalue weighted by atomic mass is 35.5. The lowest BCUT2D eigenvalue weighted by molar-refractivity contribution is 0.415. The zero-order valence-corrected chi connectivity index (χ0v) is 16.3. The summed E-state index contributed by atoms with van der Waals surface area (Å²) in [5.41, 5.74) is 4.57. The number of hydrogen-bond acceptors (Lipinski definition) is 4. The fraction of sp³-hybridized carbons (Fsp3) is 0.211. The molecule has 7 heteroatoms. The average Bonchev–Trinajstić information content (AvgIpc) is 3.22. The van der Waals surface area contributed by atoms with E-state index in [-0.39, 0.29) is 0 Å². The number of thiazole rings is 1. The summed E-state index contributed by atoms with van der Waals surface area (Å²) in [4.78, 5) is 10.6. The van der Waals surface area contributed by atoms with Gasteiger partial charge in [0.25, 0.3) is 0 Å². The molecule has 0 unspecified atom stereocenters. The van der Waals surface area contributed by atoms with Crippen LogP contribution in [0.1, 0.15) is 11.3 Å². The number of methoxy groups -OCH3 is 1. The molecule has 132 valence electrons. The predicted molar refractivity (Wildman–Crippen MR) is 109 cm³/mol. The molecular formula is C19H15Cl2N3OS. The number of fused-ring (bicyclic) bond motifs is 4. The van der Waals surface area contributed by atoms with Gasteiger partial charge in [-0.2, -0.15) is 0 Å². The van der Waals surface area contributed by atoms with Gasteiger partial charge in [-0.15, -0.1) is 0 Å². The number of aromatic amines is 1. The van der Waals surface area contributed by atoms with E-state index in [0.717, 1.165) is 51.1 Å². The monoisotopic (exact) mass is 403 g/mol. The maximum absolute atomic E-state index is 6.37. The summed E-state index contributed by atoms with van der Waals surface area (Å²) >= 11 is 14.2. The van der Waals surface area contributed by atoms with Crippen LogP contribution in [0.15, 0.2) is 30.3 Å². The number of rotatable bonds is 2. The number of nitrogens with zero attached hydrogens (tertiary/aromatic N) is 2. The Hall–Kier alpha value is -1.95. The molecule has 0 radical (unpaired) electrons. The molecule has 0 fully saturated rings. The number of H-pyrrole nitrogens is 1. The molecule has 1 aliphatic rings. The van der Waals surface area contributed by atoms with Crippen LogP contribution in [0.25, 0.3) is 21.1 Å². The maximum atomic E-state index is 6.37. The van der Waals surface area contributed by atoms with Gasteiger partial charge in [-0.25, -0.2) is 4.98 Å². The summed E-state index contributed by atoms with van der Waals surface area (Å²) in [5, 5.41) is 3.61. The van der Waals surface area contributed by atoms with E-state index >= 15 is 0 Å². The molecule has 4 nitrogen and oxygen atoms in total. The molecule has 0 bridgehead atoms. The fourth-order valence-electron chi connectivity index (χ4n) is 3.58. The summed E-state index contributed by atoms with van der Waals surface area (Å²) in [7, 11) is 1.65. The van der Waals surface area contributed by atoms with Gasteiger partial charge >= 0.3 is 0 Å². The highest BCUT2D eigenvalue weighted by Gasteiger charge is 2.23. The van der Waals surface area contributed by atoms with Crippen LogP contribution in [0.5, 0.6) is 5.75 Å². The Morgan fingerprint density at radius 2 is 2.12 bits per heavy atom. The summed E-state index contributed by atoms with van der Waals surface area (Å²) in [6, 6.07) is 9.81. The van der Waals surface area contributed by atoms with Gasteiger partial charge in [0.2, 0.25) is 0 Å². The van der Waals surface area contributed by atoms with Crippen molar-refractivity contribution in [3.05, 3.63) is 51.6 Å². The van der Waals surface area contributed by atoms with Crippen molar-refractivity contribution < 1.29 is 4.74 Å². The number of anilines is 1. The Labute approximate surface area is 164 Å². The van der Waals surface area contributed by atoms with Crippen LogP contribution in [0.3, 0.4) is 0 Å². The minimum atomic E-state index is 0.625. The van der Waals surface area contributed by atoms with Crippen molar-refractivity contribution in [2.24, 2.45) is 0 Å². The fourth-order valence-corrected chi connectivity index (χ4v) is 5.11. The van der Waals surface area contributed by atoms with E-state index in [2.05, 4.69) is 9.88 Å². The lowest BCUT2D eigenvalue weighted by Crippen LogP contribution is -2.29. The molecular weight excluding hydrogens is 389 g/mol. The number of benzene rings is 2. The van der Waals surface area contributed by atoms with Crippen molar-refractivity contribution in [2.45, 2.75) is 13.0 Å². The number of aromatic nitrogens is 2. The van der Waals surface area contributed by atoms with Crippen molar-refractivity contribution in [1.82, 2.24) is 9.97 Å². The van der Waals surface area contributed by atoms with Crippen LogP contribution in [-0.2, 0) is 13.0 Å². The van der Waals surface area contributed by atoms with Crippen LogP contribution in [-0.4, -0.2) is 23.6 Å². The predicted octanol–water partition coefficient (Wildman–Crippen LogP) is 5.66. The zero-order valence-electron chi connectivity index (χ0n) is 14.0. The molecule has 0 amide bonds. The third-order valence-electron chi connectivity index (χ3n) is 4.85. The minimum absolute atomic E-state index is 0.625. The Kier molecular flexibility index (Phi) is 3.78. The second-order valence-corrected chi connectivity index (χ2v) is 8.25. The quantitative estimate of drug-likeness (QED) is 0.469. The van der Waals surface area contributed by atoms with E-state index in [9.17, 15) is 0 Å². The largest absolute Gasteiger partial charge is 0.497 e. The van der Waals surface area contributed by atoms with Gasteiger partial charge in [0.15, 0.2) is 5.13 Å². The molecule has 0 saturated carbocycles. The molecule has 26 heavy (non-hydrogen) atoms. The molecule has 0 saturated heterocycles. The van der Waals surface area contributed by atoms with Gasteiger partial charge < -0.3 is 14.6 Å². The number of hydrogen-bond donors (Lipinski definition) is 1. The standard InChI is InChI=1S/C19H15Cl2N3OS/c1-25-11-7-14(21)18-17(8-11)26-19(23-18)24-5-4-12-13-6-10(20)2-3-15(13)22-16(12)9-24/h2-3,6-8,22H,4-5,9H2,1H3. The Morgan fingerprint density at radius 1 is 1.23 bits per heavy atom. The van der Waals surface area contributed by atoms with E-state index in [0.29, 0.717) is 5.02 Å². The summed E-state index contributed by atoms with van der Waals surface area (Å²) in [6.45, 7) is 1.72. The van der Waals surface area contributed by atoms with Gasteiger partial charge in [-0.3, -0.25) is 0 Å². The van der Waals surface area contributed by atoms with Crippen molar-refractivity contribution >= 4 is 60.8 Å². The van der Waals surface area contributed by atoms with Gasteiger partial charge in [0, 0.05) is 34.2 Å². The van der Waals surface area contributed by atoms with Gasteiger partial charge in [-0.05, 0) is 36.2 Å². The lowest BCUT2D eigenvalue weighted by Gasteiger charge is -2.26. The first-order chi connectivity index (χ1) is 12.6. The van der Waals surface area contributed by atoms with Crippen LogP contribution >= 0.6 is 34.5 Å². The number of nitrogens with one attached hydrogen (secondary N) is 1. The van der Waals surface area contributed by atoms with Gasteiger partial charge in [0.1, 0.15) is 11.3 Å². The van der Waals surface area contributed by atoms with Crippen molar-refractivity contribution in [1.29, 1.82) is 0 Å². The Balaban J connectivity index is 1.53. The van der Waals surface area contributed by atoms with E-state index in [1.807, 2.05) is 30.3 Å². The third-order valence-corrected chi connectivity index (χ3v) is 6.44. The molecule has 5 rings (SSSR count). The second-order valence-electron chi connectivity index (χ2n) is 6.40. The van der Waals surface area contributed by atoms with Crippen LogP contribution in [0.2, 0.25) is 10.0 Å². The topological polar surface area (TPSA) is 41.1 Å². The summed E-state index contributed by atoms with van der Waals surface area (Å²) < 4.78 is 6.35. The minimum Gasteiger partial charge on any atom is -0.497 e. The summed E-state index contributed by atoms with van der Waals surface area (Å²) in [6.07, 6.45) is 0.961. The molecule has 3 heterocycles. The molecule has 2 aromatic heterocycles. The van der Waals surface area contributed by atoms with Crippen molar-refractivity contribution in [3.63, 3.8) is 0 Å². The number of ether oxygens (including phenoxy) is 1. The lowest BCUT2D eigenvalue weighted by atomic mass is 10.0. The van der Waals surface area contributed by atoms with E-state index in [1.54, 1.807) is 18.4 Å². The molecule has 1 aliphatic heterocycles. The van der Waals surface area contributed by atoms with Crippen molar-refractivity contribution in [3.8, 4) is 5.75 Å². The SMILES string of the molecule is COc1cc(Cl)c2nc(N3CCc4c([nH]c5ccc(Cl)cc45)C3)sc2c1. The zero-order chi connectivity index (χ0) is 17.8. The van der Waals surface area contributed by atoms with Crippen molar-refractivity contribution in [2.75, 3.05) is 18.6 Å². The van der Waals surface area contributed by atoms with Gasteiger partial charge in [-0.1, -0.05) is 34.5 Å². The van der Waals surface area contributed by atoms with Gasteiger partial charge in [0.05, 0.1) is 23.4 Å². The first kappa shape index (κ1) is 16.2. The van der Waals surface area contributed by atoms with Crippen LogP contribution in [0, 0.1) is 0 Å². The molecule has 1 N–H and O–H groups in total. The van der Waals surface area contributed by atoms with Crippen LogP contribution in [0.4, 0.5) is 5.13 Å². The molecule has 0 atom stereocenters. The summed E-state index contributed by atoms with van der Waals surface area (Å²) in [5.74, 6) is 0.756. The average molecular weight is 404 g/mol. The van der Waals surface area contributed by atoms with E-state index in [1.165, 1.54) is 16.6 Å². The third kappa shape index (κ3) is 2.54. The highest BCUT2D eigenvalue weighted by Crippen LogP contribution is 2.38. The second kappa shape index (κ2) is 6.05. The maximum Gasteiger partial charge on any atom is 0.186 e. The first-order valence-corrected chi connectivity index (χ1v) is 9.87. The first-order valence-electron chi connectivity index (χ1n) is 8.30. The molecule has 4 aromatic rings. The molecule has 0 aliphatic carbocycles.